The molecule has 2 aromatic heterocycles. The van der Waals surface area contributed by atoms with Crippen LogP contribution in [0.3, 0.4) is 0 Å². The molecule has 5 rings (SSSR count). The second-order valence-electron chi connectivity index (χ2n) is 8.30. The molecule has 0 bridgehead atoms. The molecule has 0 spiro atoms. The number of aryl methyl sites for hydroxylation is 1. The molecule has 0 unspecified atom stereocenters. The van der Waals surface area contributed by atoms with Crippen molar-refractivity contribution < 1.29 is 19.0 Å². The summed E-state index contributed by atoms with van der Waals surface area (Å²) in [6.07, 6.45) is 3.59. The second-order valence-corrected chi connectivity index (χ2v) is 8.30. The van der Waals surface area contributed by atoms with Gasteiger partial charge in [0.2, 0.25) is 5.43 Å². The molecular formula is C22H22FN5O4. The van der Waals surface area contributed by atoms with Crippen LogP contribution < -0.4 is 20.4 Å². The van der Waals surface area contributed by atoms with Crippen LogP contribution in [-0.4, -0.2) is 51.3 Å². The molecule has 32 heavy (non-hydrogen) atoms. The van der Waals surface area contributed by atoms with Gasteiger partial charge in [-0.05, 0) is 26.3 Å². The highest BCUT2D eigenvalue weighted by Crippen LogP contribution is 2.42. The van der Waals surface area contributed by atoms with Crippen molar-refractivity contribution in [2.24, 2.45) is 0 Å². The molecular weight excluding hydrogens is 417 g/mol. The number of nitrogens with one attached hydrogen (secondary N) is 1. The van der Waals surface area contributed by atoms with E-state index in [0.717, 1.165) is 18.2 Å². The van der Waals surface area contributed by atoms with Crippen molar-refractivity contribution in [2.75, 3.05) is 29.9 Å². The fourth-order valence-corrected chi connectivity index (χ4v) is 4.48. The minimum atomic E-state index is -1.33. The van der Waals surface area contributed by atoms with Crippen LogP contribution in [0.15, 0.2) is 29.5 Å². The Hall–Kier alpha value is -3.69. The van der Waals surface area contributed by atoms with Crippen LogP contribution in [-0.2, 0) is 0 Å². The maximum atomic E-state index is 15.3. The molecule has 0 aliphatic carbocycles. The summed E-state index contributed by atoms with van der Waals surface area (Å²) in [4.78, 5) is 34.5. The number of benzene rings is 1. The maximum Gasteiger partial charge on any atom is 0.341 e. The number of hydrogen-bond donors (Lipinski definition) is 2. The highest BCUT2D eigenvalue weighted by Gasteiger charge is 2.33. The molecule has 4 heterocycles. The number of aromatic carboxylic acids is 1. The van der Waals surface area contributed by atoms with E-state index in [1.165, 1.54) is 12.5 Å². The number of aromatic nitrogens is 3. The van der Waals surface area contributed by atoms with Gasteiger partial charge in [0.1, 0.15) is 30.0 Å². The summed E-state index contributed by atoms with van der Waals surface area (Å²) in [7, 11) is 0. The molecule has 2 aliphatic rings. The largest absolute Gasteiger partial charge is 0.487 e. The summed E-state index contributed by atoms with van der Waals surface area (Å²) in [6.45, 7) is 5.11. The number of halogens is 1. The van der Waals surface area contributed by atoms with Crippen molar-refractivity contribution in [3.05, 3.63) is 52.0 Å². The zero-order chi connectivity index (χ0) is 22.6. The number of carbonyl (C=O) groups is 1. The minimum absolute atomic E-state index is 0.0121. The molecule has 9 nitrogen and oxygen atoms in total. The lowest BCUT2D eigenvalue weighted by molar-refractivity contribution is 0.0694. The topological polar surface area (TPSA) is 110 Å². The standard InChI is InChI=1S/C22H22FN5O4/c1-11-5-17(25-10-24-11)26-13-3-4-27(7-13)19-16(23)6-14-18-21(19)32-9-12(2)28(18)8-15(20(14)29)22(30)31/h5-6,8,10,12-13H,3-4,7,9H2,1-2H3,(H,30,31)(H,24,25,26)/t12-,13+/m0/s1. The van der Waals surface area contributed by atoms with Gasteiger partial charge in [0.15, 0.2) is 11.6 Å². The van der Waals surface area contributed by atoms with Gasteiger partial charge in [-0.3, -0.25) is 4.79 Å². The molecule has 1 fully saturated rings. The molecule has 10 heteroatoms. The van der Waals surface area contributed by atoms with Gasteiger partial charge in [0.25, 0.3) is 0 Å². The van der Waals surface area contributed by atoms with Crippen molar-refractivity contribution in [1.82, 2.24) is 14.5 Å². The molecule has 0 amide bonds. The van der Waals surface area contributed by atoms with E-state index in [1.54, 1.807) is 4.57 Å². The Balaban J connectivity index is 1.56. The van der Waals surface area contributed by atoms with E-state index in [4.69, 9.17) is 4.74 Å². The Morgan fingerprint density at radius 1 is 1.34 bits per heavy atom. The molecule has 1 saturated heterocycles. The quantitative estimate of drug-likeness (QED) is 0.639. The third kappa shape index (κ3) is 3.22. The van der Waals surface area contributed by atoms with Crippen molar-refractivity contribution in [1.29, 1.82) is 0 Å². The van der Waals surface area contributed by atoms with Gasteiger partial charge in [-0.25, -0.2) is 19.2 Å². The molecule has 3 aromatic rings. The lowest BCUT2D eigenvalue weighted by atomic mass is 10.1. The van der Waals surface area contributed by atoms with E-state index in [-0.39, 0.29) is 35.4 Å². The number of rotatable bonds is 4. The highest BCUT2D eigenvalue weighted by molar-refractivity contribution is 5.97. The van der Waals surface area contributed by atoms with Crippen LogP contribution in [0, 0.1) is 12.7 Å². The first-order valence-electron chi connectivity index (χ1n) is 10.4. The highest BCUT2D eigenvalue weighted by atomic mass is 19.1. The van der Waals surface area contributed by atoms with Gasteiger partial charge in [-0.15, -0.1) is 0 Å². The average molecular weight is 439 g/mol. The zero-order valence-corrected chi connectivity index (χ0v) is 17.6. The summed E-state index contributed by atoms with van der Waals surface area (Å²) in [5.41, 5.74) is 0.480. The summed E-state index contributed by atoms with van der Waals surface area (Å²) >= 11 is 0. The molecule has 2 aliphatic heterocycles. The average Bonchev–Trinajstić information content (AvgIpc) is 3.19. The Morgan fingerprint density at radius 3 is 2.91 bits per heavy atom. The minimum Gasteiger partial charge on any atom is -0.487 e. The molecule has 0 saturated carbocycles. The predicted molar refractivity (Wildman–Crippen MR) is 116 cm³/mol. The van der Waals surface area contributed by atoms with Gasteiger partial charge >= 0.3 is 5.97 Å². The van der Waals surface area contributed by atoms with E-state index in [9.17, 15) is 14.7 Å². The lowest BCUT2D eigenvalue weighted by Gasteiger charge is -2.31. The monoisotopic (exact) mass is 439 g/mol. The number of anilines is 2. The van der Waals surface area contributed by atoms with Crippen LogP contribution in [0.4, 0.5) is 15.9 Å². The van der Waals surface area contributed by atoms with Gasteiger partial charge < -0.3 is 24.6 Å². The summed E-state index contributed by atoms with van der Waals surface area (Å²) in [5, 5.41) is 12.8. The Bertz CT molecular complexity index is 1310. The third-order valence-corrected chi connectivity index (χ3v) is 6.03. The normalized spacial score (nSPS) is 19.8. The molecule has 1 aromatic carbocycles. The fourth-order valence-electron chi connectivity index (χ4n) is 4.48. The van der Waals surface area contributed by atoms with E-state index < -0.39 is 17.2 Å². The zero-order valence-electron chi connectivity index (χ0n) is 17.6. The summed E-state index contributed by atoms with van der Waals surface area (Å²) in [5.74, 6) is -0.943. The van der Waals surface area contributed by atoms with Gasteiger partial charge in [-0.2, -0.15) is 0 Å². The first-order valence-corrected chi connectivity index (χ1v) is 10.4. The third-order valence-electron chi connectivity index (χ3n) is 6.03. The number of pyridine rings is 1. The molecule has 2 atom stereocenters. The maximum absolute atomic E-state index is 15.3. The molecule has 166 valence electrons. The van der Waals surface area contributed by atoms with Crippen LogP contribution in [0.2, 0.25) is 0 Å². The second kappa shape index (κ2) is 7.47. The summed E-state index contributed by atoms with van der Waals surface area (Å²) in [6, 6.07) is 2.84. The lowest BCUT2D eigenvalue weighted by Crippen LogP contribution is -2.30. The van der Waals surface area contributed by atoms with Gasteiger partial charge in [0.05, 0.1) is 16.9 Å². The van der Waals surface area contributed by atoms with Crippen molar-refractivity contribution in [2.45, 2.75) is 32.4 Å². The number of hydrogen-bond acceptors (Lipinski definition) is 7. The van der Waals surface area contributed by atoms with Crippen molar-refractivity contribution in [3.8, 4) is 5.75 Å². The van der Waals surface area contributed by atoms with Crippen LogP contribution in [0.1, 0.15) is 35.4 Å². The predicted octanol–water partition coefficient (Wildman–Crippen LogP) is 2.58. The smallest absolute Gasteiger partial charge is 0.341 e. The van der Waals surface area contributed by atoms with E-state index >= 15 is 4.39 Å². The Kier molecular flexibility index (Phi) is 4.72. The first kappa shape index (κ1) is 20.2. The van der Waals surface area contributed by atoms with E-state index in [0.29, 0.717) is 30.1 Å². The van der Waals surface area contributed by atoms with Crippen LogP contribution >= 0.6 is 0 Å². The molecule has 2 N–H and O–H groups in total. The number of carboxylic acid groups (broad SMARTS) is 1. The number of nitrogens with zero attached hydrogens (tertiary/aromatic N) is 4. The fraction of sp³-hybridized carbons (Fsp3) is 0.364. The van der Waals surface area contributed by atoms with Crippen molar-refractivity contribution >= 4 is 28.4 Å². The Morgan fingerprint density at radius 2 is 2.16 bits per heavy atom. The Labute approximate surface area is 182 Å². The SMILES string of the molecule is Cc1cc(N[C@@H]2CCN(c3c(F)cc4c(=O)c(C(=O)O)cn5c4c3OC[C@@H]5C)C2)ncn1. The van der Waals surface area contributed by atoms with E-state index in [2.05, 4.69) is 15.3 Å². The van der Waals surface area contributed by atoms with Gasteiger partial charge in [-0.1, -0.05) is 0 Å². The van der Waals surface area contributed by atoms with Crippen molar-refractivity contribution in [3.63, 3.8) is 0 Å². The van der Waals surface area contributed by atoms with E-state index in [1.807, 2.05) is 24.8 Å². The molecule has 0 radical (unpaired) electrons. The number of carboxylic acids is 1. The van der Waals surface area contributed by atoms with Crippen LogP contribution in [0.5, 0.6) is 5.75 Å². The van der Waals surface area contributed by atoms with Gasteiger partial charge in [0, 0.05) is 37.1 Å². The first-order chi connectivity index (χ1) is 15.3. The summed E-state index contributed by atoms with van der Waals surface area (Å²) < 4.78 is 23.0. The van der Waals surface area contributed by atoms with Crippen LogP contribution in [0.25, 0.3) is 10.9 Å². The number of ether oxygens (including phenoxy) is 1.